The van der Waals surface area contributed by atoms with E-state index in [0.29, 0.717) is 6.04 Å². The van der Waals surface area contributed by atoms with Crippen LogP contribution in [-0.4, -0.2) is 23.8 Å². The van der Waals surface area contributed by atoms with E-state index in [1.165, 1.54) is 12.0 Å². The third-order valence-electron chi connectivity index (χ3n) is 2.85. The minimum absolute atomic E-state index is 0.236. The van der Waals surface area contributed by atoms with Crippen LogP contribution in [0.4, 0.5) is 0 Å². The molecule has 1 heterocycles. The molecule has 2 nitrogen and oxygen atoms in total. The summed E-state index contributed by atoms with van der Waals surface area (Å²) in [5.41, 5.74) is 1.22. The number of hydrogen-bond acceptors (Lipinski definition) is 2. The highest BCUT2D eigenvalue weighted by Gasteiger charge is 2.22. The molecule has 0 unspecified atom stereocenters. The van der Waals surface area contributed by atoms with Crippen molar-refractivity contribution in [2.75, 3.05) is 6.54 Å². The molecule has 1 aromatic carbocycles. The van der Waals surface area contributed by atoms with Crippen LogP contribution in [-0.2, 0) is 6.42 Å². The van der Waals surface area contributed by atoms with Gasteiger partial charge in [0.15, 0.2) is 0 Å². The molecule has 1 fully saturated rings. The SMILES string of the molecule is O[C@H](Cc1ccccc1)[C@@H]1CCCN1. The Morgan fingerprint density at radius 1 is 1.36 bits per heavy atom. The second kappa shape index (κ2) is 4.58. The monoisotopic (exact) mass is 191 g/mol. The molecule has 0 bridgehead atoms. The van der Waals surface area contributed by atoms with Crippen LogP contribution in [0.25, 0.3) is 0 Å². The van der Waals surface area contributed by atoms with Crippen LogP contribution in [0.1, 0.15) is 18.4 Å². The first kappa shape index (κ1) is 9.69. The number of aliphatic hydroxyl groups excluding tert-OH is 1. The highest BCUT2D eigenvalue weighted by Crippen LogP contribution is 2.13. The van der Waals surface area contributed by atoms with Crippen molar-refractivity contribution in [3.05, 3.63) is 35.9 Å². The molecule has 1 saturated heterocycles. The highest BCUT2D eigenvalue weighted by molar-refractivity contribution is 5.16. The van der Waals surface area contributed by atoms with Gasteiger partial charge >= 0.3 is 0 Å². The number of aliphatic hydroxyl groups is 1. The van der Waals surface area contributed by atoms with Crippen LogP contribution < -0.4 is 5.32 Å². The lowest BCUT2D eigenvalue weighted by Crippen LogP contribution is -2.36. The van der Waals surface area contributed by atoms with Crippen molar-refractivity contribution in [2.45, 2.75) is 31.4 Å². The van der Waals surface area contributed by atoms with Crippen molar-refractivity contribution in [1.82, 2.24) is 5.32 Å². The summed E-state index contributed by atoms with van der Waals surface area (Å²) in [6.07, 6.45) is 2.82. The zero-order valence-electron chi connectivity index (χ0n) is 8.32. The molecule has 2 rings (SSSR count). The summed E-state index contributed by atoms with van der Waals surface area (Å²) in [6, 6.07) is 10.5. The first-order chi connectivity index (χ1) is 6.86. The topological polar surface area (TPSA) is 32.3 Å². The van der Waals surface area contributed by atoms with Crippen molar-refractivity contribution in [3.8, 4) is 0 Å². The number of benzene rings is 1. The van der Waals surface area contributed by atoms with Gasteiger partial charge in [-0.1, -0.05) is 30.3 Å². The van der Waals surface area contributed by atoms with Crippen molar-refractivity contribution < 1.29 is 5.11 Å². The molecule has 0 radical (unpaired) electrons. The van der Waals surface area contributed by atoms with Crippen LogP contribution in [0.3, 0.4) is 0 Å². The van der Waals surface area contributed by atoms with Gasteiger partial charge in [0.25, 0.3) is 0 Å². The summed E-state index contributed by atoms with van der Waals surface area (Å²) in [5.74, 6) is 0. The molecule has 0 amide bonds. The highest BCUT2D eigenvalue weighted by atomic mass is 16.3. The predicted molar refractivity (Wildman–Crippen MR) is 57.2 cm³/mol. The molecule has 2 N–H and O–H groups in total. The number of hydrogen-bond donors (Lipinski definition) is 2. The number of rotatable bonds is 3. The molecule has 2 atom stereocenters. The summed E-state index contributed by atoms with van der Waals surface area (Å²) < 4.78 is 0. The van der Waals surface area contributed by atoms with Crippen LogP contribution in [0.15, 0.2) is 30.3 Å². The Balaban J connectivity index is 1.90. The van der Waals surface area contributed by atoms with E-state index < -0.39 is 0 Å². The largest absolute Gasteiger partial charge is 0.391 e. The molecule has 76 valence electrons. The van der Waals surface area contributed by atoms with Crippen molar-refractivity contribution in [1.29, 1.82) is 0 Å². The lowest BCUT2D eigenvalue weighted by Gasteiger charge is -2.18. The van der Waals surface area contributed by atoms with E-state index in [2.05, 4.69) is 17.4 Å². The van der Waals surface area contributed by atoms with E-state index in [0.717, 1.165) is 19.4 Å². The molecule has 1 aromatic rings. The molecule has 14 heavy (non-hydrogen) atoms. The van der Waals surface area contributed by atoms with Gasteiger partial charge < -0.3 is 10.4 Å². The minimum Gasteiger partial charge on any atom is -0.391 e. The Morgan fingerprint density at radius 3 is 2.79 bits per heavy atom. The van der Waals surface area contributed by atoms with E-state index in [9.17, 15) is 5.11 Å². The molecule has 1 aliphatic heterocycles. The zero-order chi connectivity index (χ0) is 9.80. The Labute approximate surface area is 85.0 Å². The average molecular weight is 191 g/mol. The van der Waals surface area contributed by atoms with Crippen LogP contribution in [0, 0.1) is 0 Å². The van der Waals surface area contributed by atoms with Gasteiger partial charge in [-0.25, -0.2) is 0 Å². The van der Waals surface area contributed by atoms with Gasteiger partial charge in [-0.2, -0.15) is 0 Å². The molecular weight excluding hydrogens is 174 g/mol. The fourth-order valence-electron chi connectivity index (χ4n) is 2.04. The van der Waals surface area contributed by atoms with Crippen LogP contribution in [0.2, 0.25) is 0 Å². The average Bonchev–Trinajstić information content (AvgIpc) is 2.72. The maximum Gasteiger partial charge on any atom is 0.0733 e. The lowest BCUT2D eigenvalue weighted by atomic mass is 10.0. The maximum absolute atomic E-state index is 9.94. The maximum atomic E-state index is 9.94. The van der Waals surface area contributed by atoms with E-state index >= 15 is 0 Å². The molecule has 0 aromatic heterocycles. The van der Waals surface area contributed by atoms with Crippen LogP contribution in [0.5, 0.6) is 0 Å². The molecular formula is C12H17NO. The summed E-state index contributed by atoms with van der Waals surface area (Å²) in [5, 5.41) is 13.3. The molecule has 0 aliphatic carbocycles. The lowest BCUT2D eigenvalue weighted by molar-refractivity contribution is 0.136. The predicted octanol–water partition coefficient (Wildman–Crippen LogP) is 1.34. The summed E-state index contributed by atoms with van der Waals surface area (Å²) in [6.45, 7) is 1.05. The second-order valence-corrected chi connectivity index (χ2v) is 3.96. The van der Waals surface area contributed by atoms with Gasteiger partial charge in [-0.05, 0) is 31.4 Å². The molecule has 2 heteroatoms. The Morgan fingerprint density at radius 2 is 2.14 bits per heavy atom. The van der Waals surface area contributed by atoms with Crippen LogP contribution >= 0.6 is 0 Å². The third-order valence-corrected chi connectivity index (χ3v) is 2.85. The van der Waals surface area contributed by atoms with E-state index in [1.807, 2.05) is 18.2 Å². The van der Waals surface area contributed by atoms with Gasteiger partial charge in [0.2, 0.25) is 0 Å². The van der Waals surface area contributed by atoms with E-state index in [-0.39, 0.29) is 6.10 Å². The zero-order valence-corrected chi connectivity index (χ0v) is 8.32. The Hall–Kier alpha value is -0.860. The first-order valence-electron chi connectivity index (χ1n) is 5.31. The van der Waals surface area contributed by atoms with Gasteiger partial charge in [0.1, 0.15) is 0 Å². The van der Waals surface area contributed by atoms with E-state index in [4.69, 9.17) is 0 Å². The van der Waals surface area contributed by atoms with Gasteiger partial charge in [0, 0.05) is 6.04 Å². The fraction of sp³-hybridized carbons (Fsp3) is 0.500. The molecule has 0 saturated carbocycles. The quantitative estimate of drug-likeness (QED) is 0.755. The van der Waals surface area contributed by atoms with Gasteiger partial charge in [0.05, 0.1) is 6.10 Å². The summed E-state index contributed by atoms with van der Waals surface area (Å²) in [7, 11) is 0. The standard InChI is InChI=1S/C12H17NO/c14-12(11-7-4-8-13-11)9-10-5-2-1-3-6-10/h1-3,5-6,11-14H,4,7-9H2/t11-,12+/m0/s1. The summed E-state index contributed by atoms with van der Waals surface area (Å²) >= 11 is 0. The number of nitrogens with one attached hydrogen (secondary N) is 1. The third kappa shape index (κ3) is 2.34. The smallest absolute Gasteiger partial charge is 0.0733 e. The second-order valence-electron chi connectivity index (χ2n) is 3.96. The fourth-order valence-corrected chi connectivity index (χ4v) is 2.04. The summed E-state index contributed by atoms with van der Waals surface area (Å²) in [4.78, 5) is 0. The van der Waals surface area contributed by atoms with Crippen molar-refractivity contribution in [2.24, 2.45) is 0 Å². The Bertz CT molecular complexity index is 267. The van der Waals surface area contributed by atoms with Crippen molar-refractivity contribution in [3.63, 3.8) is 0 Å². The van der Waals surface area contributed by atoms with Gasteiger partial charge in [-0.15, -0.1) is 0 Å². The minimum atomic E-state index is -0.236. The van der Waals surface area contributed by atoms with Crippen molar-refractivity contribution >= 4 is 0 Å². The first-order valence-corrected chi connectivity index (χ1v) is 5.31. The van der Waals surface area contributed by atoms with Gasteiger partial charge in [-0.3, -0.25) is 0 Å². The Kier molecular flexibility index (Phi) is 3.17. The molecule has 1 aliphatic rings. The molecule has 0 spiro atoms. The van der Waals surface area contributed by atoms with E-state index in [1.54, 1.807) is 0 Å². The normalized spacial score (nSPS) is 23.6.